The van der Waals surface area contributed by atoms with Gasteiger partial charge in [0.1, 0.15) is 0 Å². The van der Waals surface area contributed by atoms with E-state index in [0.717, 1.165) is 25.7 Å². The van der Waals surface area contributed by atoms with Gasteiger partial charge in [-0.3, -0.25) is 9.59 Å². The van der Waals surface area contributed by atoms with Crippen LogP contribution in [-0.4, -0.2) is 34.5 Å². The Morgan fingerprint density at radius 2 is 1.67 bits per heavy atom. The van der Waals surface area contributed by atoms with Crippen LogP contribution in [0.4, 0.5) is 0 Å². The molecule has 0 spiro atoms. The van der Waals surface area contributed by atoms with Crippen LogP contribution < -0.4 is 0 Å². The zero-order chi connectivity index (χ0) is 15.4. The standard InChI is InChI=1S/C17H29NO3/c1-3-12-10-14(15(11-12)17(20)21)16(19)18(4-2)13-8-6-5-7-9-13/h12-15H,3-11H2,1-2H3,(H,20,21). The summed E-state index contributed by atoms with van der Waals surface area (Å²) in [7, 11) is 0. The van der Waals surface area contributed by atoms with Crippen molar-refractivity contribution in [2.45, 2.75) is 71.3 Å². The summed E-state index contributed by atoms with van der Waals surface area (Å²) in [6, 6.07) is 0.339. The van der Waals surface area contributed by atoms with Crippen molar-refractivity contribution in [1.82, 2.24) is 4.90 Å². The smallest absolute Gasteiger partial charge is 0.307 e. The Balaban J connectivity index is 2.09. The van der Waals surface area contributed by atoms with Crippen molar-refractivity contribution >= 4 is 11.9 Å². The normalized spacial score (nSPS) is 30.3. The molecule has 3 atom stereocenters. The molecule has 2 aliphatic carbocycles. The van der Waals surface area contributed by atoms with E-state index in [1.54, 1.807) is 0 Å². The van der Waals surface area contributed by atoms with Crippen molar-refractivity contribution in [3.05, 3.63) is 0 Å². The van der Waals surface area contributed by atoms with Crippen molar-refractivity contribution in [3.63, 3.8) is 0 Å². The Labute approximate surface area is 127 Å². The maximum absolute atomic E-state index is 12.9. The second-order valence-corrected chi connectivity index (χ2v) is 6.71. The van der Waals surface area contributed by atoms with E-state index in [9.17, 15) is 14.7 Å². The first-order valence-electron chi connectivity index (χ1n) is 8.61. The van der Waals surface area contributed by atoms with Crippen molar-refractivity contribution in [3.8, 4) is 0 Å². The molecule has 1 amide bonds. The van der Waals surface area contributed by atoms with Gasteiger partial charge in [-0.05, 0) is 38.5 Å². The highest BCUT2D eigenvalue weighted by Gasteiger charge is 2.44. The van der Waals surface area contributed by atoms with Crippen molar-refractivity contribution in [2.75, 3.05) is 6.54 Å². The molecule has 0 aromatic heterocycles. The van der Waals surface area contributed by atoms with Crippen LogP contribution in [0.1, 0.15) is 65.2 Å². The summed E-state index contributed by atoms with van der Waals surface area (Å²) >= 11 is 0. The van der Waals surface area contributed by atoms with Gasteiger partial charge in [0, 0.05) is 12.6 Å². The van der Waals surface area contributed by atoms with Gasteiger partial charge in [0.05, 0.1) is 11.8 Å². The van der Waals surface area contributed by atoms with Crippen molar-refractivity contribution in [2.24, 2.45) is 17.8 Å². The van der Waals surface area contributed by atoms with E-state index in [1.165, 1.54) is 19.3 Å². The lowest BCUT2D eigenvalue weighted by molar-refractivity contribution is -0.150. The number of carbonyl (C=O) groups excluding carboxylic acids is 1. The third-order valence-electron chi connectivity index (χ3n) is 5.51. The Kier molecular flexibility index (Phi) is 5.65. The van der Waals surface area contributed by atoms with Crippen LogP contribution in [0.5, 0.6) is 0 Å². The molecule has 0 heterocycles. The van der Waals surface area contributed by atoms with Gasteiger partial charge in [-0.15, -0.1) is 0 Å². The van der Waals surface area contributed by atoms with E-state index in [-0.39, 0.29) is 11.8 Å². The number of carboxylic acid groups (broad SMARTS) is 1. The molecular weight excluding hydrogens is 266 g/mol. The summed E-state index contributed by atoms with van der Waals surface area (Å²) < 4.78 is 0. The van der Waals surface area contributed by atoms with Gasteiger partial charge in [-0.25, -0.2) is 0 Å². The molecular formula is C17H29NO3. The Hall–Kier alpha value is -1.06. The molecule has 4 nitrogen and oxygen atoms in total. The zero-order valence-electron chi connectivity index (χ0n) is 13.4. The third-order valence-corrected chi connectivity index (χ3v) is 5.51. The Bertz CT molecular complexity index is 376. The van der Waals surface area contributed by atoms with E-state index in [4.69, 9.17) is 0 Å². The van der Waals surface area contributed by atoms with Crippen LogP contribution in [0.25, 0.3) is 0 Å². The van der Waals surface area contributed by atoms with Crippen LogP contribution in [0.15, 0.2) is 0 Å². The highest BCUT2D eigenvalue weighted by molar-refractivity contribution is 5.85. The molecule has 2 aliphatic rings. The van der Waals surface area contributed by atoms with Gasteiger partial charge in [-0.2, -0.15) is 0 Å². The number of hydrogen-bond acceptors (Lipinski definition) is 2. The third kappa shape index (κ3) is 3.58. The molecule has 2 fully saturated rings. The molecule has 0 bridgehead atoms. The number of aliphatic carboxylic acids is 1. The molecule has 2 saturated carbocycles. The molecule has 21 heavy (non-hydrogen) atoms. The molecule has 3 unspecified atom stereocenters. The number of carboxylic acids is 1. The number of nitrogens with zero attached hydrogens (tertiary/aromatic N) is 1. The number of rotatable bonds is 5. The van der Waals surface area contributed by atoms with Crippen molar-refractivity contribution in [1.29, 1.82) is 0 Å². The molecule has 0 aromatic carbocycles. The molecule has 2 rings (SSSR count). The lowest BCUT2D eigenvalue weighted by Gasteiger charge is -2.36. The van der Waals surface area contributed by atoms with Crippen molar-refractivity contribution < 1.29 is 14.7 Å². The fraction of sp³-hybridized carbons (Fsp3) is 0.882. The maximum atomic E-state index is 12.9. The van der Waals surface area contributed by atoms with Crippen LogP contribution in [-0.2, 0) is 9.59 Å². The molecule has 1 N–H and O–H groups in total. The van der Waals surface area contributed by atoms with E-state index < -0.39 is 11.9 Å². The fourth-order valence-electron chi connectivity index (χ4n) is 4.22. The van der Waals surface area contributed by atoms with E-state index >= 15 is 0 Å². The van der Waals surface area contributed by atoms with E-state index in [2.05, 4.69) is 6.92 Å². The van der Waals surface area contributed by atoms with Gasteiger partial charge < -0.3 is 10.0 Å². The summed E-state index contributed by atoms with van der Waals surface area (Å²) in [6.07, 6.45) is 8.23. The van der Waals surface area contributed by atoms with Crippen LogP contribution >= 0.6 is 0 Å². The largest absolute Gasteiger partial charge is 0.481 e. The summed E-state index contributed by atoms with van der Waals surface area (Å²) in [5, 5.41) is 9.44. The van der Waals surface area contributed by atoms with Gasteiger partial charge in [0.25, 0.3) is 0 Å². The Morgan fingerprint density at radius 1 is 1.05 bits per heavy atom. The predicted molar refractivity (Wildman–Crippen MR) is 81.9 cm³/mol. The number of carbonyl (C=O) groups is 2. The SMILES string of the molecule is CCC1CC(C(=O)O)C(C(=O)N(CC)C2CCCCC2)C1. The highest BCUT2D eigenvalue weighted by Crippen LogP contribution is 2.40. The molecule has 0 radical (unpaired) electrons. The Morgan fingerprint density at radius 3 is 2.19 bits per heavy atom. The minimum Gasteiger partial charge on any atom is -0.481 e. The van der Waals surface area contributed by atoms with Crippen LogP contribution in [0.2, 0.25) is 0 Å². The lowest BCUT2D eigenvalue weighted by atomic mass is 9.90. The second kappa shape index (κ2) is 7.28. The first-order valence-corrected chi connectivity index (χ1v) is 8.61. The van der Waals surface area contributed by atoms with E-state index in [0.29, 0.717) is 24.9 Å². The minimum atomic E-state index is -0.788. The first-order chi connectivity index (χ1) is 10.1. The quantitative estimate of drug-likeness (QED) is 0.846. The molecule has 0 aliphatic heterocycles. The monoisotopic (exact) mass is 295 g/mol. The topological polar surface area (TPSA) is 57.6 Å². The molecule has 0 aromatic rings. The van der Waals surface area contributed by atoms with Gasteiger partial charge in [-0.1, -0.05) is 32.6 Å². The molecule has 0 saturated heterocycles. The first kappa shape index (κ1) is 16.3. The van der Waals surface area contributed by atoms with E-state index in [1.807, 2.05) is 11.8 Å². The fourth-order valence-corrected chi connectivity index (χ4v) is 4.22. The molecule has 120 valence electrons. The highest BCUT2D eigenvalue weighted by atomic mass is 16.4. The number of hydrogen-bond donors (Lipinski definition) is 1. The van der Waals surface area contributed by atoms with Gasteiger partial charge >= 0.3 is 5.97 Å². The average Bonchev–Trinajstić information content (AvgIpc) is 2.93. The average molecular weight is 295 g/mol. The summed E-state index contributed by atoms with van der Waals surface area (Å²) in [4.78, 5) is 26.4. The molecule has 4 heteroatoms. The van der Waals surface area contributed by atoms with Crippen LogP contribution in [0, 0.1) is 17.8 Å². The van der Waals surface area contributed by atoms with Gasteiger partial charge in [0.15, 0.2) is 0 Å². The van der Waals surface area contributed by atoms with Crippen LogP contribution in [0.3, 0.4) is 0 Å². The predicted octanol–water partition coefficient (Wildman–Crippen LogP) is 3.30. The summed E-state index contributed by atoms with van der Waals surface area (Å²) in [6.45, 7) is 4.83. The second-order valence-electron chi connectivity index (χ2n) is 6.71. The lowest BCUT2D eigenvalue weighted by Crippen LogP contribution is -2.46. The van der Waals surface area contributed by atoms with Gasteiger partial charge in [0.2, 0.25) is 5.91 Å². The minimum absolute atomic E-state index is 0.104. The summed E-state index contributed by atoms with van der Waals surface area (Å²) in [5.74, 6) is -1.06. The summed E-state index contributed by atoms with van der Waals surface area (Å²) in [5.41, 5.74) is 0. The zero-order valence-corrected chi connectivity index (χ0v) is 13.4. The maximum Gasteiger partial charge on any atom is 0.307 e. The number of amides is 1.